The highest BCUT2D eigenvalue weighted by Gasteiger charge is 2.21. The van der Waals surface area contributed by atoms with Crippen LogP contribution in [0.3, 0.4) is 0 Å². The number of benzene rings is 8. The molecule has 0 amide bonds. The van der Waals surface area contributed by atoms with Crippen LogP contribution in [0.4, 0.5) is 0 Å². The Bertz CT molecular complexity index is 2620. The van der Waals surface area contributed by atoms with Crippen LogP contribution in [0.1, 0.15) is 0 Å². The summed E-state index contributed by atoms with van der Waals surface area (Å²) in [6.45, 7) is 0. The van der Waals surface area contributed by atoms with Crippen LogP contribution in [0, 0.1) is 0 Å². The van der Waals surface area contributed by atoms with Gasteiger partial charge in [0.2, 0.25) is 0 Å². The molecule has 222 valence electrons. The van der Waals surface area contributed by atoms with Crippen molar-refractivity contribution in [1.82, 2.24) is 9.97 Å². The second kappa shape index (κ2) is 10.6. The van der Waals surface area contributed by atoms with Crippen LogP contribution in [-0.4, -0.2) is 9.97 Å². The summed E-state index contributed by atoms with van der Waals surface area (Å²) >= 11 is 0. The second-order valence-corrected chi connectivity index (χ2v) is 12.6. The Hall–Kier alpha value is -6.38. The van der Waals surface area contributed by atoms with E-state index in [-0.39, 0.29) is 0 Å². The molecule has 10 aromatic rings. The Labute approximate surface area is 277 Å². The Kier molecular flexibility index (Phi) is 5.91. The van der Waals surface area contributed by atoms with Gasteiger partial charge >= 0.3 is 0 Å². The van der Waals surface area contributed by atoms with Crippen molar-refractivity contribution in [3.63, 3.8) is 0 Å². The number of rotatable bonds is 4. The van der Waals surface area contributed by atoms with E-state index in [0.717, 1.165) is 11.1 Å². The van der Waals surface area contributed by atoms with Gasteiger partial charge in [-0.15, -0.1) is 0 Å². The van der Waals surface area contributed by atoms with Crippen LogP contribution in [0.5, 0.6) is 0 Å². The molecule has 0 spiro atoms. The van der Waals surface area contributed by atoms with E-state index in [1.807, 2.05) is 36.9 Å². The van der Waals surface area contributed by atoms with Gasteiger partial charge in [-0.1, -0.05) is 109 Å². The summed E-state index contributed by atoms with van der Waals surface area (Å²) in [4.78, 5) is 9.08. The van der Waals surface area contributed by atoms with Gasteiger partial charge in [-0.2, -0.15) is 0 Å². The SMILES string of the molecule is c1cncc(-c2cc(-c3ccc4ccccc4c3)c3ccc4c(-c5cccnc5)cc(-c5ccc6ccccc6c5)c5ccc2c3c45)c1. The first-order valence-corrected chi connectivity index (χ1v) is 16.4. The van der Waals surface area contributed by atoms with Crippen molar-refractivity contribution < 1.29 is 0 Å². The molecule has 48 heavy (non-hydrogen) atoms. The molecular formula is C46H28N2. The molecule has 0 unspecified atom stereocenters. The fourth-order valence-corrected chi connectivity index (χ4v) is 7.71. The highest BCUT2D eigenvalue weighted by atomic mass is 14.6. The predicted octanol–water partition coefficient (Wildman–Crippen LogP) is 12.3. The summed E-state index contributed by atoms with van der Waals surface area (Å²) in [6, 6.07) is 53.3. The highest BCUT2D eigenvalue weighted by Crippen LogP contribution is 2.48. The van der Waals surface area contributed by atoms with Gasteiger partial charge < -0.3 is 0 Å². The van der Waals surface area contributed by atoms with Gasteiger partial charge in [0.25, 0.3) is 0 Å². The quantitative estimate of drug-likeness (QED) is 0.186. The van der Waals surface area contributed by atoms with Gasteiger partial charge in [0.05, 0.1) is 0 Å². The molecule has 8 aromatic carbocycles. The summed E-state index contributed by atoms with van der Waals surface area (Å²) in [7, 11) is 0. The predicted molar refractivity (Wildman–Crippen MR) is 202 cm³/mol. The number of nitrogens with zero attached hydrogens (tertiary/aromatic N) is 2. The van der Waals surface area contributed by atoms with Gasteiger partial charge in [-0.3, -0.25) is 9.97 Å². The molecule has 2 aromatic heterocycles. The van der Waals surface area contributed by atoms with Crippen LogP contribution in [0.25, 0.3) is 98.4 Å². The van der Waals surface area contributed by atoms with Crippen molar-refractivity contribution in [1.29, 1.82) is 0 Å². The van der Waals surface area contributed by atoms with E-state index in [4.69, 9.17) is 0 Å². The maximum absolute atomic E-state index is 4.54. The molecule has 0 bridgehead atoms. The maximum Gasteiger partial charge on any atom is 0.0346 e. The molecule has 2 heterocycles. The lowest BCUT2D eigenvalue weighted by atomic mass is 9.82. The lowest BCUT2D eigenvalue weighted by molar-refractivity contribution is 1.33. The smallest absolute Gasteiger partial charge is 0.0346 e. The van der Waals surface area contributed by atoms with Crippen LogP contribution >= 0.6 is 0 Å². The highest BCUT2D eigenvalue weighted by molar-refractivity contribution is 6.32. The molecule has 2 nitrogen and oxygen atoms in total. The van der Waals surface area contributed by atoms with E-state index in [1.165, 1.54) is 87.2 Å². The molecule has 0 aliphatic heterocycles. The number of pyridine rings is 2. The summed E-state index contributed by atoms with van der Waals surface area (Å²) in [5, 5.41) is 12.5. The number of aromatic nitrogens is 2. The Balaban J connectivity index is 1.37. The summed E-state index contributed by atoms with van der Waals surface area (Å²) in [5.41, 5.74) is 9.46. The van der Waals surface area contributed by atoms with Crippen molar-refractivity contribution in [2.75, 3.05) is 0 Å². The molecular weight excluding hydrogens is 581 g/mol. The minimum Gasteiger partial charge on any atom is -0.264 e. The molecule has 10 rings (SSSR count). The van der Waals surface area contributed by atoms with Crippen molar-refractivity contribution in [2.24, 2.45) is 0 Å². The average Bonchev–Trinajstić information content (AvgIpc) is 3.16. The minimum absolute atomic E-state index is 1.11. The average molecular weight is 609 g/mol. The zero-order valence-electron chi connectivity index (χ0n) is 26.1. The third-order valence-corrected chi connectivity index (χ3v) is 9.96. The number of fused-ring (bicyclic) bond motifs is 2. The lowest BCUT2D eigenvalue weighted by Crippen LogP contribution is -1.94. The molecule has 0 atom stereocenters. The van der Waals surface area contributed by atoms with Crippen LogP contribution in [-0.2, 0) is 0 Å². The van der Waals surface area contributed by atoms with Gasteiger partial charge in [0.1, 0.15) is 0 Å². The first kappa shape index (κ1) is 26.8. The fourth-order valence-electron chi connectivity index (χ4n) is 7.71. The van der Waals surface area contributed by atoms with E-state index in [9.17, 15) is 0 Å². The van der Waals surface area contributed by atoms with E-state index in [1.54, 1.807) is 0 Å². The summed E-state index contributed by atoms with van der Waals surface area (Å²) in [5.74, 6) is 0. The molecule has 0 aliphatic carbocycles. The van der Waals surface area contributed by atoms with Gasteiger partial charge in [0.15, 0.2) is 0 Å². The van der Waals surface area contributed by atoms with Crippen molar-refractivity contribution in [2.45, 2.75) is 0 Å². The molecule has 0 fully saturated rings. The summed E-state index contributed by atoms with van der Waals surface area (Å²) in [6.07, 6.45) is 7.66. The Morgan fingerprint density at radius 1 is 0.292 bits per heavy atom. The molecule has 0 saturated carbocycles. The van der Waals surface area contributed by atoms with Crippen molar-refractivity contribution in [3.05, 3.63) is 170 Å². The number of hydrogen-bond acceptors (Lipinski definition) is 2. The Morgan fingerprint density at radius 3 is 1.08 bits per heavy atom. The van der Waals surface area contributed by atoms with Crippen LogP contribution < -0.4 is 0 Å². The molecule has 2 heteroatoms. The second-order valence-electron chi connectivity index (χ2n) is 12.6. The van der Waals surface area contributed by atoms with Crippen LogP contribution in [0.2, 0.25) is 0 Å². The topological polar surface area (TPSA) is 25.8 Å². The maximum atomic E-state index is 4.54. The van der Waals surface area contributed by atoms with Crippen LogP contribution in [0.15, 0.2) is 170 Å². The fraction of sp³-hybridized carbons (Fsp3) is 0. The standard InChI is InChI=1S/C46H28N2/c1-3-9-31-23-33(15-13-29(31)7-1)41-25-43(35-11-5-21-47-27-35)39-20-18-38-42(34-16-14-30-8-2-4-10-32(30)24-34)26-44(36-12-6-22-48-28-36)40-19-17-37(41)45(39)46(38)40/h1-28H. The third-order valence-electron chi connectivity index (χ3n) is 9.96. The molecule has 0 saturated heterocycles. The first-order valence-electron chi connectivity index (χ1n) is 16.4. The Morgan fingerprint density at radius 2 is 0.688 bits per heavy atom. The molecule has 0 aliphatic rings. The molecule has 0 N–H and O–H groups in total. The van der Waals surface area contributed by atoms with E-state index < -0.39 is 0 Å². The zero-order valence-corrected chi connectivity index (χ0v) is 26.1. The van der Waals surface area contributed by atoms with Gasteiger partial charge in [0, 0.05) is 35.9 Å². The first-order chi connectivity index (χ1) is 23.8. The van der Waals surface area contributed by atoms with Crippen molar-refractivity contribution >= 4 is 53.9 Å². The summed E-state index contributed by atoms with van der Waals surface area (Å²) < 4.78 is 0. The lowest BCUT2D eigenvalue weighted by Gasteiger charge is -2.21. The normalized spacial score (nSPS) is 11.8. The van der Waals surface area contributed by atoms with E-state index in [0.29, 0.717) is 0 Å². The molecule has 0 radical (unpaired) electrons. The third kappa shape index (κ3) is 4.13. The van der Waals surface area contributed by atoms with Gasteiger partial charge in [-0.05, 0) is 124 Å². The minimum atomic E-state index is 1.11. The zero-order chi connectivity index (χ0) is 31.6. The largest absolute Gasteiger partial charge is 0.264 e. The van der Waals surface area contributed by atoms with Crippen molar-refractivity contribution in [3.8, 4) is 44.5 Å². The monoisotopic (exact) mass is 608 g/mol. The van der Waals surface area contributed by atoms with E-state index in [2.05, 4.69) is 143 Å². The van der Waals surface area contributed by atoms with Gasteiger partial charge in [-0.25, -0.2) is 0 Å². The number of hydrogen-bond donors (Lipinski definition) is 0. The van der Waals surface area contributed by atoms with E-state index >= 15 is 0 Å².